The maximum absolute atomic E-state index is 11.4. The highest BCUT2D eigenvalue weighted by Crippen LogP contribution is 2.67. The molecule has 1 N–H and O–H groups in total. The van der Waals surface area contributed by atoms with Crippen LogP contribution in [0.1, 0.15) is 51.3 Å². The normalized spacial score (nSPS) is 33.8. The minimum Gasteiger partial charge on any atom is -0.425 e. The fourth-order valence-corrected chi connectivity index (χ4v) is 3.14. The number of amides is 1. The first-order valence-corrected chi connectivity index (χ1v) is 6.25. The van der Waals surface area contributed by atoms with Gasteiger partial charge in [0.15, 0.2) is 0 Å². The van der Waals surface area contributed by atoms with Crippen LogP contribution < -0.4 is 5.32 Å². The van der Waals surface area contributed by atoms with E-state index in [1.165, 1.54) is 0 Å². The summed E-state index contributed by atoms with van der Waals surface area (Å²) >= 11 is 0. The second-order valence-corrected chi connectivity index (χ2v) is 5.35. The van der Waals surface area contributed by atoms with Gasteiger partial charge in [-0.15, -0.1) is 10.2 Å². The van der Waals surface area contributed by atoms with Gasteiger partial charge in [0, 0.05) is 18.4 Å². The molecule has 3 fully saturated rings. The largest absolute Gasteiger partial charge is 0.425 e. The molecular formula is C12H17N3O2. The van der Waals surface area contributed by atoms with Crippen LogP contribution in [0.4, 0.5) is 0 Å². The van der Waals surface area contributed by atoms with Gasteiger partial charge in [0.05, 0.1) is 5.41 Å². The number of aromatic nitrogens is 2. The molecule has 5 nitrogen and oxygen atoms in total. The van der Waals surface area contributed by atoms with Gasteiger partial charge < -0.3 is 9.73 Å². The Morgan fingerprint density at radius 1 is 1.35 bits per heavy atom. The quantitative estimate of drug-likeness (QED) is 0.855. The van der Waals surface area contributed by atoms with Crippen molar-refractivity contribution >= 4 is 5.91 Å². The number of nitrogens with zero attached hydrogens (tertiary/aromatic N) is 2. The fraction of sp³-hybridized carbons (Fsp3) is 0.750. The predicted molar refractivity (Wildman–Crippen MR) is 60.4 cm³/mol. The van der Waals surface area contributed by atoms with Crippen molar-refractivity contribution in [2.45, 2.75) is 56.9 Å². The molecule has 0 unspecified atom stereocenters. The van der Waals surface area contributed by atoms with Crippen molar-refractivity contribution in [3.05, 3.63) is 11.8 Å². The van der Waals surface area contributed by atoms with Gasteiger partial charge >= 0.3 is 0 Å². The highest BCUT2D eigenvalue weighted by atomic mass is 16.4. The summed E-state index contributed by atoms with van der Waals surface area (Å²) in [5, 5.41) is 11.2. The molecule has 17 heavy (non-hydrogen) atoms. The second kappa shape index (κ2) is 3.31. The lowest BCUT2D eigenvalue weighted by molar-refractivity contribution is -0.141. The first-order chi connectivity index (χ1) is 8.11. The van der Waals surface area contributed by atoms with Crippen molar-refractivity contribution < 1.29 is 9.21 Å². The van der Waals surface area contributed by atoms with Crippen LogP contribution in [-0.2, 0) is 16.6 Å². The van der Waals surface area contributed by atoms with E-state index >= 15 is 0 Å². The number of aryl methyl sites for hydroxylation is 1. The molecule has 3 saturated carbocycles. The summed E-state index contributed by atoms with van der Waals surface area (Å²) in [6, 6.07) is 0. The summed E-state index contributed by atoms with van der Waals surface area (Å²) in [6.07, 6.45) is 4.20. The van der Waals surface area contributed by atoms with Crippen molar-refractivity contribution in [3.63, 3.8) is 0 Å². The Bertz CT molecular complexity index is 446. The van der Waals surface area contributed by atoms with E-state index in [9.17, 15) is 4.79 Å². The van der Waals surface area contributed by atoms with E-state index in [2.05, 4.69) is 15.5 Å². The van der Waals surface area contributed by atoms with Crippen LogP contribution in [0.2, 0.25) is 0 Å². The van der Waals surface area contributed by atoms with Crippen molar-refractivity contribution in [1.82, 2.24) is 15.5 Å². The summed E-state index contributed by atoms with van der Waals surface area (Å²) in [4.78, 5) is 11.4. The van der Waals surface area contributed by atoms with Crippen LogP contribution in [0.25, 0.3) is 0 Å². The molecule has 1 aromatic heterocycles. The Balaban J connectivity index is 1.66. The van der Waals surface area contributed by atoms with Gasteiger partial charge in [-0.05, 0) is 19.3 Å². The van der Waals surface area contributed by atoms with E-state index in [1.54, 1.807) is 0 Å². The Labute approximate surface area is 100.0 Å². The zero-order valence-electron chi connectivity index (χ0n) is 10.2. The highest BCUT2D eigenvalue weighted by molar-refractivity contribution is 5.77. The van der Waals surface area contributed by atoms with E-state index in [0.29, 0.717) is 12.3 Å². The molecule has 0 aromatic carbocycles. The molecule has 1 heterocycles. The van der Waals surface area contributed by atoms with Crippen molar-refractivity contribution in [2.75, 3.05) is 0 Å². The second-order valence-electron chi connectivity index (χ2n) is 5.35. The first-order valence-electron chi connectivity index (χ1n) is 6.25. The van der Waals surface area contributed by atoms with Crippen LogP contribution in [0.15, 0.2) is 4.42 Å². The minimum absolute atomic E-state index is 0.0357. The zero-order chi connectivity index (χ0) is 12.1. The summed E-state index contributed by atoms with van der Waals surface area (Å²) in [7, 11) is 0. The van der Waals surface area contributed by atoms with Crippen LogP contribution in [-0.4, -0.2) is 21.6 Å². The molecule has 5 heteroatoms. The van der Waals surface area contributed by atoms with Gasteiger partial charge in [0.1, 0.15) is 0 Å². The number of hydrogen-bond donors (Lipinski definition) is 1. The van der Waals surface area contributed by atoms with Gasteiger partial charge in [-0.1, -0.05) is 13.8 Å². The Morgan fingerprint density at radius 2 is 2.06 bits per heavy atom. The molecule has 4 rings (SSSR count). The Hall–Kier alpha value is -1.39. The minimum atomic E-state index is 0.0357. The third-order valence-corrected chi connectivity index (χ3v) is 3.98. The molecule has 3 aliphatic rings. The summed E-state index contributed by atoms with van der Waals surface area (Å²) < 4.78 is 5.62. The third-order valence-electron chi connectivity index (χ3n) is 3.98. The summed E-state index contributed by atoms with van der Waals surface area (Å²) in [6.45, 7) is 3.88. The first kappa shape index (κ1) is 10.7. The Morgan fingerprint density at radius 3 is 2.59 bits per heavy atom. The number of hydrogen-bond acceptors (Lipinski definition) is 4. The Kier molecular flexibility index (Phi) is 2.09. The van der Waals surface area contributed by atoms with E-state index in [4.69, 9.17) is 4.42 Å². The maximum atomic E-state index is 11.4. The topological polar surface area (TPSA) is 68.0 Å². The lowest BCUT2D eigenvalue weighted by Gasteiger charge is -2.68. The SMILES string of the molecule is CCC(=O)NC12CC(c3nnc(CC)o3)(C1)C2. The lowest BCUT2D eigenvalue weighted by atomic mass is 9.39. The lowest BCUT2D eigenvalue weighted by Crippen LogP contribution is -2.76. The smallest absolute Gasteiger partial charge is 0.222 e. The summed E-state index contributed by atoms with van der Waals surface area (Å²) in [5.41, 5.74) is 0.107. The van der Waals surface area contributed by atoms with E-state index < -0.39 is 0 Å². The molecule has 92 valence electrons. The van der Waals surface area contributed by atoms with Gasteiger partial charge in [-0.3, -0.25) is 4.79 Å². The van der Waals surface area contributed by atoms with Crippen molar-refractivity contribution in [1.29, 1.82) is 0 Å². The standard InChI is InChI=1S/C12H17N3O2/c1-3-8(16)13-12-5-11(6-12,7-12)10-15-14-9(4-2)17-10/h3-7H2,1-2H3,(H,13,16). The molecule has 3 aliphatic carbocycles. The van der Waals surface area contributed by atoms with Crippen LogP contribution >= 0.6 is 0 Å². The van der Waals surface area contributed by atoms with Gasteiger partial charge in [0.2, 0.25) is 17.7 Å². The molecule has 0 spiro atoms. The van der Waals surface area contributed by atoms with Crippen molar-refractivity contribution in [2.24, 2.45) is 0 Å². The van der Waals surface area contributed by atoms with Crippen LogP contribution in [0.5, 0.6) is 0 Å². The molecular weight excluding hydrogens is 218 g/mol. The molecule has 1 amide bonds. The maximum Gasteiger partial charge on any atom is 0.222 e. The third kappa shape index (κ3) is 1.41. The van der Waals surface area contributed by atoms with Gasteiger partial charge in [-0.25, -0.2) is 0 Å². The molecule has 0 aliphatic heterocycles. The van der Waals surface area contributed by atoms with E-state index in [0.717, 1.165) is 31.6 Å². The van der Waals surface area contributed by atoms with Crippen LogP contribution in [0, 0.1) is 0 Å². The van der Waals surface area contributed by atoms with Gasteiger partial charge in [-0.2, -0.15) is 0 Å². The number of nitrogens with one attached hydrogen (secondary N) is 1. The average molecular weight is 235 g/mol. The number of carbonyl (C=O) groups excluding carboxylic acids is 1. The van der Waals surface area contributed by atoms with Crippen molar-refractivity contribution in [3.8, 4) is 0 Å². The highest BCUT2D eigenvalue weighted by Gasteiger charge is 2.71. The molecule has 2 bridgehead atoms. The van der Waals surface area contributed by atoms with E-state index in [-0.39, 0.29) is 16.9 Å². The number of carbonyl (C=O) groups is 1. The monoisotopic (exact) mass is 235 g/mol. The zero-order valence-corrected chi connectivity index (χ0v) is 10.2. The molecule has 1 aromatic rings. The van der Waals surface area contributed by atoms with Gasteiger partial charge in [0.25, 0.3) is 0 Å². The average Bonchev–Trinajstić information content (AvgIpc) is 2.69. The fourth-order valence-electron chi connectivity index (χ4n) is 3.14. The molecule has 0 radical (unpaired) electrons. The van der Waals surface area contributed by atoms with E-state index in [1.807, 2.05) is 13.8 Å². The molecule has 0 atom stereocenters. The predicted octanol–water partition coefficient (Wildman–Crippen LogP) is 1.33. The molecule has 0 saturated heterocycles. The number of rotatable bonds is 4. The van der Waals surface area contributed by atoms with Crippen LogP contribution in [0.3, 0.4) is 0 Å². The summed E-state index contributed by atoms with van der Waals surface area (Å²) in [5.74, 6) is 1.61.